The van der Waals surface area contributed by atoms with Crippen LogP contribution in [-0.4, -0.2) is 45.4 Å². The van der Waals surface area contributed by atoms with Crippen LogP contribution in [-0.2, 0) is 0 Å². The first kappa shape index (κ1) is 43.5. The summed E-state index contributed by atoms with van der Waals surface area (Å²) in [6.45, 7) is 53.8. The van der Waals surface area contributed by atoms with Gasteiger partial charge in [0.15, 0.2) is 0 Å². The third kappa shape index (κ3) is 8.41. The Balaban J connectivity index is 2.80. The van der Waals surface area contributed by atoms with Crippen LogP contribution in [0.25, 0.3) is 22.3 Å². The quantitative estimate of drug-likeness (QED) is 0.151. The third-order valence-corrected chi connectivity index (χ3v) is 56.9. The van der Waals surface area contributed by atoms with Crippen LogP contribution in [0.4, 0.5) is 0 Å². The molecule has 0 N–H and O–H groups in total. The summed E-state index contributed by atoms with van der Waals surface area (Å²) in [5.41, 5.74) is 15.5. The number of rotatable bonds is 13. The molecule has 3 rings (SSSR count). The molecule has 0 aromatic heterocycles. The Morgan fingerprint density at radius 3 is 0.880 bits per heavy atom. The van der Waals surface area contributed by atoms with E-state index in [-0.39, 0.29) is 0 Å². The Kier molecular flexibility index (Phi) is 13.8. The molecule has 276 valence electrons. The van der Waals surface area contributed by atoms with E-state index in [1.54, 1.807) is 44.5 Å². The molecule has 0 nitrogen and oxygen atoms in total. The number of hydrogen-bond acceptors (Lipinski definition) is 0. The predicted octanol–water partition coefficient (Wildman–Crippen LogP) is 14.9. The molecule has 3 aromatic rings. The summed E-state index contributed by atoms with van der Waals surface area (Å²) in [5, 5.41) is 0. The molecule has 0 aliphatic heterocycles. The summed E-state index contributed by atoms with van der Waals surface area (Å²) in [6.07, 6.45) is 0. The van der Waals surface area contributed by atoms with Crippen molar-refractivity contribution in [3.63, 3.8) is 0 Å². The van der Waals surface area contributed by atoms with Gasteiger partial charge in [-0.3, -0.25) is 0 Å². The zero-order chi connectivity index (χ0) is 38.5. The first-order valence-corrected chi connectivity index (χ1v) is 33.3. The molecule has 0 aliphatic rings. The Hall–Kier alpha value is -0.891. The number of hydrogen-bond donors (Lipinski definition) is 0. The van der Waals surface area contributed by atoms with Crippen molar-refractivity contribution < 1.29 is 0 Å². The molecule has 0 heterocycles. The Labute approximate surface area is 324 Å². The van der Waals surface area contributed by atoms with Crippen molar-refractivity contribution in [1.29, 1.82) is 0 Å². The van der Waals surface area contributed by atoms with Crippen LogP contribution in [0.2, 0.25) is 61.2 Å². The summed E-state index contributed by atoms with van der Waals surface area (Å²) in [7, 11) is -4.89. The fourth-order valence-electron chi connectivity index (χ4n) is 9.76. The number of benzene rings is 3. The van der Waals surface area contributed by atoms with E-state index in [2.05, 4.69) is 184 Å². The molecule has 50 heavy (non-hydrogen) atoms. The topological polar surface area (TPSA) is 0 Å². The monoisotopic (exact) mass is 832 g/mol. The second-order valence-electron chi connectivity index (χ2n) is 20.4. The van der Waals surface area contributed by atoms with E-state index in [0.29, 0.717) is 37.8 Å². The van der Waals surface area contributed by atoms with Crippen molar-refractivity contribution >= 4 is 48.9 Å². The van der Waals surface area contributed by atoms with Crippen molar-refractivity contribution in [2.75, 3.05) is 0 Å². The van der Waals surface area contributed by atoms with Gasteiger partial charge < -0.3 is 0 Å². The van der Waals surface area contributed by atoms with Crippen LogP contribution in [0.1, 0.15) is 152 Å². The van der Waals surface area contributed by atoms with Crippen LogP contribution in [0.3, 0.4) is 0 Å². The van der Waals surface area contributed by atoms with Crippen LogP contribution < -0.4 is 3.58 Å². The van der Waals surface area contributed by atoms with Gasteiger partial charge in [-0.05, 0) is 0 Å². The van der Waals surface area contributed by atoms with Crippen LogP contribution in [0.5, 0.6) is 0 Å². The Bertz CT molecular complexity index is 1450. The summed E-state index contributed by atoms with van der Waals surface area (Å²) in [4.78, 5) is 0. The minimum atomic E-state index is -1.63. The fraction of sp³-hybridized carbons (Fsp3) is 0.609. The Morgan fingerprint density at radius 1 is 0.420 bits per heavy atom. The van der Waals surface area contributed by atoms with Gasteiger partial charge in [-0.2, -0.15) is 0 Å². The molecule has 0 saturated carbocycles. The van der Waals surface area contributed by atoms with Gasteiger partial charge in [0.1, 0.15) is 0 Å². The second-order valence-corrected chi connectivity index (χ2v) is 46.2. The molecule has 0 amide bonds. The molecule has 0 saturated heterocycles. The van der Waals surface area contributed by atoms with Crippen molar-refractivity contribution in [3.8, 4) is 22.3 Å². The van der Waals surface area contributed by atoms with Crippen molar-refractivity contribution in [1.82, 2.24) is 0 Å². The first-order valence-electron chi connectivity index (χ1n) is 20.0. The SMILES string of the molecule is CC(C)c1cc(C(C)C)c(-c2cccc(-c3c(C(C)C)cc(C(C)C)cc3C(C)C)[c]2[Sn][C]([Si](C)(C)C)([Si](C)(C)C)[Si](C)(C)C)c(C(C)C)c1. The van der Waals surface area contributed by atoms with Crippen LogP contribution in [0.15, 0.2) is 42.5 Å². The summed E-state index contributed by atoms with van der Waals surface area (Å²) < 4.78 is 2.37. The van der Waals surface area contributed by atoms with Gasteiger partial charge in [-0.25, -0.2) is 0 Å². The molecule has 0 bridgehead atoms. The maximum atomic E-state index is 2.76. The van der Waals surface area contributed by atoms with Crippen molar-refractivity contribution in [2.24, 2.45) is 0 Å². The molecule has 0 fully saturated rings. The standard InChI is InChI=1S/C36H49.C10H27Si3.Sn/c1-21(2)29-17-31(23(5)6)35(32(18-29)24(7)8)27-14-13-15-28(16-27)36-33(25(9)10)19-30(22(3)4)20-34(36)26(11)12;1-11(2,3)10(12(4,5)6)13(7,8)9;/h13-15,17-26H,1-12H3;1-9H3;. The molecule has 2 radical (unpaired) electrons. The predicted molar refractivity (Wildman–Crippen MR) is 240 cm³/mol. The zero-order valence-corrected chi connectivity index (χ0v) is 42.4. The maximum absolute atomic E-state index is 2.76. The first-order chi connectivity index (χ1) is 22.7. The van der Waals surface area contributed by atoms with Crippen LogP contribution in [0, 0.1) is 0 Å². The molecular formula is C46H76Si3Sn. The fourth-order valence-corrected chi connectivity index (χ4v) is 53.1. The van der Waals surface area contributed by atoms with Crippen LogP contribution >= 0.6 is 0 Å². The van der Waals surface area contributed by atoms with Gasteiger partial charge in [0.2, 0.25) is 0 Å². The summed E-state index contributed by atoms with van der Waals surface area (Å²) >= 11 is -1.23. The normalized spacial score (nSPS) is 13.7. The molecule has 3 aromatic carbocycles. The molecule has 4 heteroatoms. The second kappa shape index (κ2) is 15.8. The van der Waals surface area contributed by atoms with Crippen molar-refractivity contribution in [3.05, 3.63) is 75.8 Å². The summed E-state index contributed by atoms with van der Waals surface area (Å²) in [6, 6.07) is 18.0. The van der Waals surface area contributed by atoms with E-state index in [4.69, 9.17) is 0 Å². The molecular weight excluding hydrogens is 755 g/mol. The average Bonchev–Trinajstić information content (AvgIpc) is 2.96. The van der Waals surface area contributed by atoms with E-state index in [0.717, 1.165) is 0 Å². The van der Waals surface area contributed by atoms with E-state index in [1.807, 2.05) is 3.58 Å². The molecule has 0 atom stereocenters. The van der Waals surface area contributed by atoms with Crippen molar-refractivity contribution in [2.45, 2.75) is 180 Å². The minimum absolute atomic E-state index is 0.460. The third-order valence-electron chi connectivity index (χ3n) is 11.6. The Morgan fingerprint density at radius 2 is 0.680 bits per heavy atom. The van der Waals surface area contributed by atoms with Gasteiger partial charge >= 0.3 is 327 Å². The van der Waals surface area contributed by atoms with Gasteiger partial charge in [0.25, 0.3) is 0 Å². The average molecular weight is 832 g/mol. The van der Waals surface area contributed by atoms with E-state index in [9.17, 15) is 0 Å². The van der Waals surface area contributed by atoms with E-state index >= 15 is 0 Å². The van der Waals surface area contributed by atoms with Gasteiger partial charge in [0, 0.05) is 0 Å². The molecule has 0 spiro atoms. The zero-order valence-electron chi connectivity index (χ0n) is 36.5. The van der Waals surface area contributed by atoms with Gasteiger partial charge in [0.05, 0.1) is 0 Å². The van der Waals surface area contributed by atoms with E-state index in [1.165, 1.54) is 11.1 Å². The molecule has 0 aliphatic carbocycles. The van der Waals surface area contributed by atoms with E-state index < -0.39 is 45.4 Å². The molecule has 0 unspecified atom stereocenters. The van der Waals surface area contributed by atoms with Gasteiger partial charge in [-0.15, -0.1) is 0 Å². The van der Waals surface area contributed by atoms with Gasteiger partial charge in [-0.1, -0.05) is 0 Å². The summed E-state index contributed by atoms with van der Waals surface area (Å²) in [5.74, 6) is 2.87.